The van der Waals surface area contributed by atoms with Gasteiger partial charge >= 0.3 is 6.29 Å². The minimum absolute atomic E-state index is 0.0160. The summed E-state index contributed by atoms with van der Waals surface area (Å²) in [6.07, 6.45) is 1.85. The maximum absolute atomic E-state index is 13.8. The van der Waals surface area contributed by atoms with E-state index in [4.69, 9.17) is 9.47 Å². The highest BCUT2D eigenvalue weighted by Crippen LogP contribution is 2.49. The predicted octanol–water partition coefficient (Wildman–Crippen LogP) is 5.83. The van der Waals surface area contributed by atoms with Crippen LogP contribution in [-0.2, 0) is 4.74 Å². The molecule has 3 aromatic heterocycles. The summed E-state index contributed by atoms with van der Waals surface area (Å²) in [7, 11) is 1.45. The van der Waals surface area contributed by atoms with E-state index in [0.29, 0.717) is 18.8 Å². The van der Waals surface area contributed by atoms with Gasteiger partial charge in [-0.05, 0) is 12.1 Å². The molecule has 1 aromatic carbocycles. The minimum Gasteiger partial charge on any atom is -0.395 e. The summed E-state index contributed by atoms with van der Waals surface area (Å²) >= 11 is 3.76. The SMILES string of the molecule is FC1(F)Oc2cccc(-c3cn(SI)c4ncc(-c5cnc(N6CCOCC6)s5)cc34)c2O1. The second-order valence-corrected chi connectivity index (χ2v) is 10.2. The zero-order valence-corrected chi connectivity index (χ0v) is 20.6. The minimum atomic E-state index is -3.68. The molecule has 0 N–H and O–H groups in total. The van der Waals surface area contributed by atoms with Gasteiger partial charge in [-0.3, -0.25) is 3.97 Å². The van der Waals surface area contributed by atoms with E-state index in [1.54, 1.807) is 23.5 Å². The second-order valence-electron chi connectivity index (χ2n) is 7.44. The van der Waals surface area contributed by atoms with E-state index in [-0.39, 0.29) is 11.5 Å². The van der Waals surface area contributed by atoms with Gasteiger partial charge in [0.15, 0.2) is 22.3 Å². The number of morpholine rings is 1. The van der Waals surface area contributed by atoms with E-state index in [0.717, 1.165) is 45.3 Å². The number of pyridine rings is 1. The fraction of sp³-hybridized carbons (Fsp3) is 0.238. The molecule has 33 heavy (non-hydrogen) atoms. The molecule has 0 saturated carbocycles. The van der Waals surface area contributed by atoms with E-state index in [9.17, 15) is 8.78 Å². The first-order chi connectivity index (χ1) is 16.0. The van der Waals surface area contributed by atoms with Crippen molar-refractivity contribution in [3.05, 3.63) is 42.9 Å². The van der Waals surface area contributed by atoms with Gasteiger partial charge < -0.3 is 19.1 Å². The molecule has 0 spiro atoms. The lowest BCUT2D eigenvalue weighted by molar-refractivity contribution is -0.286. The highest BCUT2D eigenvalue weighted by atomic mass is 127. The quantitative estimate of drug-likeness (QED) is 0.273. The van der Waals surface area contributed by atoms with Crippen LogP contribution in [0.3, 0.4) is 0 Å². The smallest absolute Gasteiger partial charge is 0.395 e. The number of benzene rings is 1. The second kappa shape index (κ2) is 8.25. The summed E-state index contributed by atoms with van der Waals surface area (Å²) in [5.74, 6) is 0.0417. The number of thiazole rings is 1. The number of hydrogen-bond acceptors (Lipinski definition) is 8. The largest absolute Gasteiger partial charge is 0.586 e. The van der Waals surface area contributed by atoms with Crippen molar-refractivity contribution in [1.29, 1.82) is 0 Å². The molecule has 0 radical (unpaired) electrons. The fourth-order valence-electron chi connectivity index (χ4n) is 3.96. The Bertz CT molecular complexity index is 1360. The number of anilines is 1. The maximum Gasteiger partial charge on any atom is 0.586 e. The molecule has 0 unspecified atom stereocenters. The molecule has 170 valence electrons. The molecule has 1 saturated heterocycles. The molecular weight excluding hydrogens is 585 g/mol. The molecule has 4 aromatic rings. The molecule has 1 fully saturated rings. The van der Waals surface area contributed by atoms with Crippen LogP contribution in [-0.4, -0.2) is 46.5 Å². The van der Waals surface area contributed by atoms with Crippen molar-refractivity contribution in [2.24, 2.45) is 0 Å². The van der Waals surface area contributed by atoms with Gasteiger partial charge in [0.2, 0.25) is 0 Å². The summed E-state index contributed by atoms with van der Waals surface area (Å²) in [5, 5.41) is 1.77. The first kappa shape index (κ1) is 21.4. The number of hydrogen-bond donors (Lipinski definition) is 0. The lowest BCUT2D eigenvalue weighted by atomic mass is 10.0. The van der Waals surface area contributed by atoms with Gasteiger partial charge in [-0.25, -0.2) is 9.97 Å². The van der Waals surface area contributed by atoms with Crippen molar-refractivity contribution in [3.8, 4) is 33.1 Å². The van der Waals surface area contributed by atoms with Crippen molar-refractivity contribution >= 4 is 57.8 Å². The van der Waals surface area contributed by atoms with Gasteiger partial charge in [0.25, 0.3) is 0 Å². The predicted molar refractivity (Wildman–Crippen MR) is 133 cm³/mol. The Hall–Kier alpha value is -2.16. The third-order valence-electron chi connectivity index (χ3n) is 5.46. The van der Waals surface area contributed by atoms with Crippen LogP contribution in [0.1, 0.15) is 0 Å². The Kier molecular flexibility index (Phi) is 5.35. The first-order valence-corrected chi connectivity index (χ1v) is 14.1. The number of rotatable bonds is 4. The Morgan fingerprint density at radius 1 is 1.09 bits per heavy atom. The lowest BCUT2D eigenvalue weighted by Gasteiger charge is -2.25. The van der Waals surface area contributed by atoms with Crippen LogP contribution in [0.5, 0.6) is 11.5 Å². The van der Waals surface area contributed by atoms with Crippen molar-refractivity contribution in [3.63, 3.8) is 0 Å². The molecule has 5 heterocycles. The Balaban J connectivity index is 1.45. The van der Waals surface area contributed by atoms with Gasteiger partial charge in [-0.1, -0.05) is 23.5 Å². The number of halogens is 3. The summed E-state index contributed by atoms with van der Waals surface area (Å²) in [5.41, 5.74) is 2.90. The van der Waals surface area contributed by atoms with Crippen LogP contribution in [0.4, 0.5) is 13.9 Å². The summed E-state index contributed by atoms with van der Waals surface area (Å²) in [6.45, 7) is 3.02. The molecule has 6 rings (SSSR count). The number of nitrogens with zero attached hydrogens (tertiary/aromatic N) is 4. The third kappa shape index (κ3) is 3.82. The van der Waals surface area contributed by atoms with E-state index < -0.39 is 6.29 Å². The van der Waals surface area contributed by atoms with Crippen molar-refractivity contribution < 1.29 is 23.0 Å². The highest BCUT2D eigenvalue weighted by molar-refractivity contribution is 14.2. The van der Waals surface area contributed by atoms with Gasteiger partial charge in [-0.15, -0.1) is 8.78 Å². The third-order valence-corrected chi connectivity index (χ3v) is 8.27. The Morgan fingerprint density at radius 3 is 2.76 bits per heavy atom. The van der Waals surface area contributed by atoms with Gasteiger partial charge in [0, 0.05) is 84.1 Å². The Labute approximate surface area is 207 Å². The molecular formula is C21H15F2IN4O3S2. The molecule has 2 aliphatic rings. The van der Waals surface area contributed by atoms with Crippen molar-refractivity contribution in [2.45, 2.75) is 6.29 Å². The van der Waals surface area contributed by atoms with Crippen LogP contribution in [0.25, 0.3) is 32.6 Å². The lowest BCUT2D eigenvalue weighted by Crippen LogP contribution is -2.36. The number of para-hydroxylation sites is 1. The van der Waals surface area contributed by atoms with Crippen LogP contribution in [0.15, 0.2) is 42.9 Å². The van der Waals surface area contributed by atoms with E-state index in [2.05, 4.69) is 40.8 Å². The number of fused-ring (bicyclic) bond motifs is 2. The number of alkyl halides is 2. The van der Waals surface area contributed by atoms with Crippen LogP contribution in [0, 0.1) is 0 Å². The molecule has 0 bridgehead atoms. The molecule has 0 aliphatic carbocycles. The standard InChI is InChI=1S/C21H15F2IN4O3S2/c22-21(23)30-16-3-1-2-13(18(16)31-21)15-11-28(33-24)19-14(15)8-12(9-25-19)17-10-26-20(32-17)27-4-6-29-7-5-27/h1-3,8-11H,4-7H2. The monoisotopic (exact) mass is 600 g/mol. The molecule has 0 atom stereocenters. The topological polar surface area (TPSA) is 61.6 Å². The molecule has 7 nitrogen and oxygen atoms in total. The van der Waals surface area contributed by atoms with E-state index in [1.165, 1.54) is 15.2 Å². The van der Waals surface area contributed by atoms with Crippen molar-refractivity contribution in [1.82, 2.24) is 13.9 Å². The van der Waals surface area contributed by atoms with Crippen LogP contribution >= 0.6 is 41.7 Å². The van der Waals surface area contributed by atoms with E-state index in [1.807, 2.05) is 28.6 Å². The average molecular weight is 600 g/mol. The normalized spacial score (nSPS) is 17.1. The Morgan fingerprint density at radius 2 is 1.94 bits per heavy atom. The summed E-state index contributed by atoms with van der Waals surface area (Å²) < 4.78 is 44.4. The summed E-state index contributed by atoms with van der Waals surface area (Å²) in [4.78, 5) is 12.5. The number of ether oxygens (including phenoxy) is 3. The summed E-state index contributed by atoms with van der Waals surface area (Å²) in [6, 6.07) is 6.91. The van der Waals surface area contributed by atoms with Crippen molar-refractivity contribution in [2.75, 3.05) is 31.2 Å². The molecule has 2 aliphatic heterocycles. The van der Waals surface area contributed by atoms with Gasteiger partial charge in [0.1, 0.15) is 0 Å². The van der Waals surface area contributed by atoms with Crippen LogP contribution < -0.4 is 14.4 Å². The zero-order valence-electron chi connectivity index (χ0n) is 16.8. The van der Waals surface area contributed by atoms with Crippen LogP contribution in [0.2, 0.25) is 0 Å². The first-order valence-electron chi connectivity index (χ1n) is 10.0. The maximum atomic E-state index is 13.8. The zero-order chi connectivity index (χ0) is 22.6. The highest BCUT2D eigenvalue weighted by Gasteiger charge is 2.44. The molecule has 0 amide bonds. The van der Waals surface area contributed by atoms with E-state index >= 15 is 0 Å². The van der Waals surface area contributed by atoms with Gasteiger partial charge in [0.05, 0.1) is 18.1 Å². The molecule has 12 heteroatoms. The van der Waals surface area contributed by atoms with Gasteiger partial charge in [-0.2, -0.15) is 0 Å². The average Bonchev–Trinajstić information content (AvgIpc) is 3.53. The number of aromatic nitrogens is 3. The fourth-order valence-corrected chi connectivity index (χ4v) is 6.17.